The minimum absolute atomic E-state index is 0.117. The number of hydrogen-bond donors (Lipinski definition) is 1. The Morgan fingerprint density at radius 3 is 2.54 bits per heavy atom. The zero-order chi connectivity index (χ0) is 16.5. The largest absolute Gasteiger partial charge is 0.497 e. The van der Waals surface area contributed by atoms with Crippen LogP contribution < -0.4 is 10.1 Å². The minimum atomic E-state index is -0.117. The van der Waals surface area contributed by atoms with Gasteiger partial charge < -0.3 is 19.4 Å². The van der Waals surface area contributed by atoms with E-state index >= 15 is 0 Å². The molecule has 0 spiro atoms. The molecule has 5 heteroatoms. The SMILES string of the molecule is COc1ccc(-c2ccc(C(=O)NC3CN4CCC3CC4)o2)cc1. The zero-order valence-electron chi connectivity index (χ0n) is 13.8. The molecule has 1 N–H and O–H groups in total. The topological polar surface area (TPSA) is 54.7 Å². The molecule has 3 saturated heterocycles. The molecule has 0 aliphatic carbocycles. The van der Waals surface area contributed by atoms with E-state index in [0.29, 0.717) is 17.4 Å². The Labute approximate surface area is 141 Å². The summed E-state index contributed by atoms with van der Waals surface area (Å²) < 4.78 is 10.9. The lowest BCUT2D eigenvalue weighted by Gasteiger charge is -2.44. The van der Waals surface area contributed by atoms with Crippen molar-refractivity contribution in [2.75, 3.05) is 26.7 Å². The molecule has 2 aromatic rings. The van der Waals surface area contributed by atoms with E-state index in [9.17, 15) is 4.79 Å². The average molecular weight is 326 g/mol. The first-order valence-electron chi connectivity index (χ1n) is 8.50. The van der Waals surface area contributed by atoms with Gasteiger partial charge in [-0.2, -0.15) is 0 Å². The molecule has 1 atom stereocenters. The Hall–Kier alpha value is -2.27. The van der Waals surface area contributed by atoms with Gasteiger partial charge in [-0.3, -0.25) is 4.79 Å². The van der Waals surface area contributed by atoms with Crippen molar-refractivity contribution in [2.45, 2.75) is 18.9 Å². The van der Waals surface area contributed by atoms with E-state index in [1.54, 1.807) is 13.2 Å². The van der Waals surface area contributed by atoms with Crippen molar-refractivity contribution in [1.29, 1.82) is 0 Å². The number of rotatable bonds is 4. The quantitative estimate of drug-likeness (QED) is 0.939. The molecular formula is C19H22N2O3. The summed E-state index contributed by atoms with van der Waals surface area (Å²) in [5.74, 6) is 2.35. The predicted molar refractivity (Wildman–Crippen MR) is 91.1 cm³/mol. The summed E-state index contributed by atoms with van der Waals surface area (Å²) in [6.07, 6.45) is 2.36. The van der Waals surface area contributed by atoms with Crippen LogP contribution in [0.1, 0.15) is 23.4 Å². The van der Waals surface area contributed by atoms with Gasteiger partial charge in [0.15, 0.2) is 5.76 Å². The molecule has 4 heterocycles. The Morgan fingerprint density at radius 2 is 1.92 bits per heavy atom. The number of hydrogen-bond acceptors (Lipinski definition) is 4. The summed E-state index contributed by atoms with van der Waals surface area (Å²) >= 11 is 0. The molecule has 1 unspecified atom stereocenters. The van der Waals surface area contributed by atoms with Crippen molar-refractivity contribution < 1.29 is 13.9 Å². The van der Waals surface area contributed by atoms with Crippen LogP contribution in [-0.2, 0) is 0 Å². The number of ether oxygens (including phenoxy) is 1. The highest BCUT2D eigenvalue weighted by molar-refractivity contribution is 5.92. The lowest BCUT2D eigenvalue weighted by atomic mass is 9.84. The molecule has 24 heavy (non-hydrogen) atoms. The van der Waals surface area contributed by atoms with Gasteiger partial charge in [-0.25, -0.2) is 0 Å². The second-order valence-electron chi connectivity index (χ2n) is 6.61. The van der Waals surface area contributed by atoms with Crippen molar-refractivity contribution in [3.63, 3.8) is 0 Å². The van der Waals surface area contributed by atoms with Crippen LogP contribution in [0, 0.1) is 5.92 Å². The second-order valence-corrected chi connectivity index (χ2v) is 6.61. The van der Waals surface area contributed by atoms with Gasteiger partial charge in [-0.15, -0.1) is 0 Å². The van der Waals surface area contributed by atoms with Crippen LogP contribution >= 0.6 is 0 Å². The highest BCUT2D eigenvalue weighted by atomic mass is 16.5. The van der Waals surface area contributed by atoms with Gasteiger partial charge in [-0.05, 0) is 68.2 Å². The number of piperidine rings is 3. The number of fused-ring (bicyclic) bond motifs is 3. The summed E-state index contributed by atoms with van der Waals surface area (Å²) in [4.78, 5) is 14.9. The Morgan fingerprint density at radius 1 is 1.17 bits per heavy atom. The monoisotopic (exact) mass is 326 g/mol. The van der Waals surface area contributed by atoms with Crippen molar-refractivity contribution in [2.24, 2.45) is 5.92 Å². The average Bonchev–Trinajstić information content (AvgIpc) is 3.13. The van der Waals surface area contributed by atoms with Gasteiger partial charge >= 0.3 is 0 Å². The van der Waals surface area contributed by atoms with Gasteiger partial charge in [-0.1, -0.05) is 0 Å². The van der Waals surface area contributed by atoms with Gasteiger partial charge in [0.2, 0.25) is 0 Å². The number of nitrogens with zero attached hydrogens (tertiary/aromatic N) is 1. The molecule has 5 rings (SSSR count). The number of benzene rings is 1. The standard InChI is InChI=1S/C19H22N2O3/c1-23-15-4-2-14(3-5-15)17-6-7-18(24-17)19(22)20-16-12-21-10-8-13(16)9-11-21/h2-7,13,16H,8-12H2,1H3,(H,20,22). The molecule has 2 bridgehead atoms. The highest BCUT2D eigenvalue weighted by Gasteiger charge is 2.35. The molecule has 3 aliphatic heterocycles. The van der Waals surface area contributed by atoms with E-state index in [2.05, 4.69) is 10.2 Å². The highest BCUT2D eigenvalue weighted by Crippen LogP contribution is 2.28. The molecule has 126 valence electrons. The van der Waals surface area contributed by atoms with Crippen LogP contribution in [0.25, 0.3) is 11.3 Å². The van der Waals surface area contributed by atoms with Crippen LogP contribution in [0.5, 0.6) is 5.75 Å². The smallest absolute Gasteiger partial charge is 0.287 e. The number of amides is 1. The first-order valence-corrected chi connectivity index (χ1v) is 8.50. The van der Waals surface area contributed by atoms with Crippen molar-refractivity contribution in [1.82, 2.24) is 10.2 Å². The summed E-state index contributed by atoms with van der Waals surface area (Å²) in [5, 5.41) is 3.16. The summed E-state index contributed by atoms with van der Waals surface area (Å²) in [7, 11) is 1.64. The Kier molecular flexibility index (Phi) is 4.02. The first kappa shape index (κ1) is 15.3. The molecular weight excluding hydrogens is 304 g/mol. The number of furan rings is 1. The Bertz CT molecular complexity index is 714. The van der Waals surface area contributed by atoms with E-state index in [-0.39, 0.29) is 11.9 Å². The van der Waals surface area contributed by atoms with Crippen molar-refractivity contribution >= 4 is 5.91 Å². The fourth-order valence-electron chi connectivity index (χ4n) is 3.74. The van der Waals surface area contributed by atoms with Gasteiger partial charge in [0.25, 0.3) is 5.91 Å². The van der Waals surface area contributed by atoms with Crippen LogP contribution in [0.2, 0.25) is 0 Å². The maximum Gasteiger partial charge on any atom is 0.287 e. The number of carbonyl (C=O) groups excluding carboxylic acids is 1. The third-order valence-corrected chi connectivity index (χ3v) is 5.18. The number of methoxy groups -OCH3 is 1. The van der Waals surface area contributed by atoms with Crippen LogP contribution in [0.3, 0.4) is 0 Å². The second kappa shape index (κ2) is 6.32. The normalized spacial score (nSPS) is 25.5. The number of carbonyl (C=O) groups is 1. The van der Waals surface area contributed by atoms with E-state index in [1.807, 2.05) is 30.3 Å². The maximum atomic E-state index is 12.5. The van der Waals surface area contributed by atoms with E-state index in [4.69, 9.17) is 9.15 Å². The van der Waals surface area contributed by atoms with E-state index in [1.165, 1.54) is 25.9 Å². The summed E-state index contributed by atoms with van der Waals surface area (Å²) in [6, 6.07) is 11.4. The molecule has 3 fully saturated rings. The number of nitrogens with one attached hydrogen (secondary N) is 1. The van der Waals surface area contributed by atoms with E-state index in [0.717, 1.165) is 17.9 Å². The molecule has 0 saturated carbocycles. The molecule has 1 amide bonds. The van der Waals surface area contributed by atoms with E-state index < -0.39 is 0 Å². The molecule has 1 aromatic heterocycles. The minimum Gasteiger partial charge on any atom is -0.497 e. The van der Waals surface area contributed by atoms with Crippen molar-refractivity contribution in [3.8, 4) is 17.1 Å². The molecule has 5 nitrogen and oxygen atoms in total. The van der Waals surface area contributed by atoms with Crippen LogP contribution in [0.15, 0.2) is 40.8 Å². The third-order valence-electron chi connectivity index (χ3n) is 5.18. The molecule has 0 radical (unpaired) electrons. The third kappa shape index (κ3) is 2.91. The maximum absolute atomic E-state index is 12.5. The van der Waals surface area contributed by atoms with Crippen LogP contribution in [0.4, 0.5) is 0 Å². The summed E-state index contributed by atoms with van der Waals surface area (Å²) in [6.45, 7) is 3.29. The zero-order valence-corrected chi connectivity index (χ0v) is 13.8. The fraction of sp³-hybridized carbons (Fsp3) is 0.421. The van der Waals surface area contributed by atoms with Gasteiger partial charge in [0.1, 0.15) is 11.5 Å². The van der Waals surface area contributed by atoms with Crippen molar-refractivity contribution in [3.05, 3.63) is 42.2 Å². The lowest BCUT2D eigenvalue weighted by Crippen LogP contribution is -2.57. The molecule has 3 aliphatic rings. The summed E-state index contributed by atoms with van der Waals surface area (Å²) in [5.41, 5.74) is 0.928. The van der Waals surface area contributed by atoms with Crippen LogP contribution in [-0.4, -0.2) is 43.6 Å². The predicted octanol–water partition coefficient (Wildman–Crippen LogP) is 2.78. The Balaban J connectivity index is 1.44. The first-order chi connectivity index (χ1) is 11.7. The molecule has 1 aromatic carbocycles. The lowest BCUT2D eigenvalue weighted by molar-refractivity contribution is 0.0606. The fourth-order valence-corrected chi connectivity index (χ4v) is 3.74. The van der Waals surface area contributed by atoms with Gasteiger partial charge in [0.05, 0.1) is 7.11 Å². The van der Waals surface area contributed by atoms with Gasteiger partial charge in [0, 0.05) is 18.2 Å².